The largest absolute Gasteiger partial charge is 0.378 e. The molecule has 0 aliphatic carbocycles. The lowest BCUT2D eigenvalue weighted by atomic mass is 10.0. The van der Waals surface area contributed by atoms with Crippen LogP contribution in [0.1, 0.15) is 29.4 Å². The predicted octanol–water partition coefficient (Wildman–Crippen LogP) is 0.564. The second kappa shape index (κ2) is 7.63. The van der Waals surface area contributed by atoms with Crippen molar-refractivity contribution in [2.45, 2.75) is 26.3 Å². The van der Waals surface area contributed by atoms with Crippen LogP contribution in [0.5, 0.6) is 0 Å². The van der Waals surface area contributed by atoms with Crippen molar-refractivity contribution in [3.8, 4) is 0 Å². The molecule has 7 nitrogen and oxygen atoms in total. The number of ether oxygens (including phenoxy) is 1. The van der Waals surface area contributed by atoms with Gasteiger partial charge in [-0.3, -0.25) is 14.8 Å². The Morgan fingerprint density at radius 2 is 2.00 bits per heavy atom. The third-order valence-electron chi connectivity index (χ3n) is 5.23. The molecule has 0 saturated carbocycles. The lowest BCUT2D eigenvalue weighted by Gasteiger charge is -2.37. The molecule has 1 N–H and O–H groups in total. The fraction of sp³-hybridized carbons (Fsp3) is 0.765. The number of aromatic amines is 1. The summed E-state index contributed by atoms with van der Waals surface area (Å²) >= 11 is 0. The molecule has 0 radical (unpaired) electrons. The highest BCUT2D eigenvalue weighted by Crippen LogP contribution is 2.28. The lowest BCUT2D eigenvalue weighted by molar-refractivity contribution is -0.133. The first-order chi connectivity index (χ1) is 11.6. The van der Waals surface area contributed by atoms with E-state index >= 15 is 0 Å². The smallest absolute Gasteiger partial charge is 0.223 e. The predicted molar refractivity (Wildman–Crippen MR) is 91.9 cm³/mol. The molecule has 2 saturated heterocycles. The molecule has 1 amide bonds. The number of nitrogens with one attached hydrogen (secondary N) is 1. The highest BCUT2D eigenvalue weighted by Gasteiger charge is 2.29. The van der Waals surface area contributed by atoms with Gasteiger partial charge in [0.15, 0.2) is 0 Å². The van der Waals surface area contributed by atoms with E-state index in [1.807, 2.05) is 11.8 Å². The van der Waals surface area contributed by atoms with E-state index in [2.05, 4.69) is 34.0 Å². The van der Waals surface area contributed by atoms with E-state index in [-0.39, 0.29) is 11.9 Å². The number of aryl methyl sites for hydroxylation is 2. The third-order valence-corrected chi connectivity index (χ3v) is 5.23. The first-order valence-electron chi connectivity index (χ1n) is 8.86. The van der Waals surface area contributed by atoms with Gasteiger partial charge in [-0.05, 0) is 20.9 Å². The first-order valence-corrected chi connectivity index (χ1v) is 8.86. The number of likely N-dealkylation sites (N-methyl/N-ethyl adjacent to an activating group) is 1. The number of morpholine rings is 1. The summed E-state index contributed by atoms with van der Waals surface area (Å²) in [5.74, 6) is 0.272. The SMILES string of the molecule is Cc1n[nH]c(C)c1C1COCCN1CCC(=O)N1CCN(C)CC1. The van der Waals surface area contributed by atoms with Gasteiger partial charge in [-0.15, -0.1) is 0 Å². The number of H-pyrrole nitrogens is 1. The molecule has 0 aromatic carbocycles. The second-order valence-corrected chi connectivity index (χ2v) is 6.91. The van der Waals surface area contributed by atoms with Gasteiger partial charge in [0.25, 0.3) is 0 Å². The molecular weight excluding hydrogens is 306 g/mol. The van der Waals surface area contributed by atoms with E-state index in [0.29, 0.717) is 13.0 Å². The Hall–Kier alpha value is -1.44. The molecule has 3 rings (SSSR count). The van der Waals surface area contributed by atoms with E-state index < -0.39 is 0 Å². The highest BCUT2D eigenvalue weighted by atomic mass is 16.5. The van der Waals surface area contributed by atoms with Gasteiger partial charge in [-0.1, -0.05) is 0 Å². The van der Waals surface area contributed by atoms with E-state index in [0.717, 1.165) is 57.3 Å². The van der Waals surface area contributed by atoms with Gasteiger partial charge in [0.2, 0.25) is 5.91 Å². The van der Waals surface area contributed by atoms with Crippen molar-refractivity contribution in [3.05, 3.63) is 17.0 Å². The van der Waals surface area contributed by atoms with Crippen molar-refractivity contribution in [1.82, 2.24) is 24.9 Å². The summed E-state index contributed by atoms with van der Waals surface area (Å²) in [7, 11) is 2.11. The summed E-state index contributed by atoms with van der Waals surface area (Å²) in [5, 5.41) is 7.38. The molecule has 1 unspecified atom stereocenters. The summed E-state index contributed by atoms with van der Waals surface area (Å²) in [5.41, 5.74) is 3.35. The van der Waals surface area contributed by atoms with Gasteiger partial charge in [-0.25, -0.2) is 0 Å². The minimum Gasteiger partial charge on any atom is -0.378 e. The van der Waals surface area contributed by atoms with Crippen LogP contribution >= 0.6 is 0 Å². The average Bonchev–Trinajstić information content (AvgIpc) is 2.92. The molecule has 24 heavy (non-hydrogen) atoms. The van der Waals surface area contributed by atoms with E-state index in [1.165, 1.54) is 5.56 Å². The maximum absolute atomic E-state index is 12.5. The minimum absolute atomic E-state index is 0.192. The van der Waals surface area contributed by atoms with E-state index in [9.17, 15) is 4.79 Å². The molecule has 1 aromatic rings. The minimum atomic E-state index is 0.192. The number of hydrogen-bond donors (Lipinski definition) is 1. The van der Waals surface area contributed by atoms with Crippen molar-refractivity contribution in [3.63, 3.8) is 0 Å². The van der Waals surface area contributed by atoms with Gasteiger partial charge < -0.3 is 14.5 Å². The molecule has 0 bridgehead atoms. The quantitative estimate of drug-likeness (QED) is 0.871. The summed E-state index contributed by atoms with van der Waals surface area (Å²) in [6, 6.07) is 0.192. The maximum Gasteiger partial charge on any atom is 0.223 e. The van der Waals surface area contributed by atoms with Gasteiger partial charge >= 0.3 is 0 Å². The Labute approximate surface area is 143 Å². The van der Waals surface area contributed by atoms with Crippen LogP contribution in [0.15, 0.2) is 0 Å². The van der Waals surface area contributed by atoms with Crippen molar-refractivity contribution in [2.24, 2.45) is 0 Å². The molecule has 7 heteroatoms. The van der Waals surface area contributed by atoms with Crippen molar-refractivity contribution in [1.29, 1.82) is 0 Å². The van der Waals surface area contributed by atoms with Crippen LogP contribution in [0.4, 0.5) is 0 Å². The average molecular weight is 335 g/mol. The third kappa shape index (κ3) is 3.79. The Morgan fingerprint density at radius 1 is 1.25 bits per heavy atom. The molecule has 2 aliphatic rings. The number of piperazine rings is 1. The van der Waals surface area contributed by atoms with Crippen molar-refractivity contribution >= 4 is 5.91 Å². The first kappa shape index (κ1) is 17.4. The van der Waals surface area contributed by atoms with Gasteiger partial charge in [-0.2, -0.15) is 5.10 Å². The van der Waals surface area contributed by atoms with Gasteiger partial charge in [0.1, 0.15) is 0 Å². The van der Waals surface area contributed by atoms with E-state index in [4.69, 9.17) is 4.74 Å². The zero-order valence-electron chi connectivity index (χ0n) is 15.0. The second-order valence-electron chi connectivity index (χ2n) is 6.91. The number of rotatable bonds is 4. The maximum atomic E-state index is 12.5. The zero-order chi connectivity index (χ0) is 17.1. The van der Waals surface area contributed by atoms with Gasteiger partial charge in [0.05, 0.1) is 24.9 Å². The number of aromatic nitrogens is 2. The zero-order valence-corrected chi connectivity index (χ0v) is 15.0. The van der Waals surface area contributed by atoms with Crippen LogP contribution in [0.3, 0.4) is 0 Å². The van der Waals surface area contributed by atoms with E-state index in [1.54, 1.807) is 0 Å². The number of carbonyl (C=O) groups excluding carboxylic acids is 1. The summed E-state index contributed by atoms with van der Waals surface area (Å²) in [6.45, 7) is 10.8. The molecule has 1 atom stereocenters. The molecule has 1 aromatic heterocycles. The molecule has 2 fully saturated rings. The van der Waals surface area contributed by atoms with Gasteiger partial charge in [0, 0.05) is 56.9 Å². The van der Waals surface area contributed by atoms with Crippen LogP contribution in [0.25, 0.3) is 0 Å². The van der Waals surface area contributed by atoms with Crippen LogP contribution in [-0.2, 0) is 9.53 Å². The number of carbonyl (C=O) groups is 1. The fourth-order valence-electron chi connectivity index (χ4n) is 3.68. The lowest BCUT2D eigenvalue weighted by Crippen LogP contribution is -2.48. The monoisotopic (exact) mass is 335 g/mol. The van der Waals surface area contributed by atoms with Crippen LogP contribution in [0, 0.1) is 13.8 Å². The summed E-state index contributed by atoms with van der Waals surface area (Å²) in [6.07, 6.45) is 0.580. The molecule has 3 heterocycles. The topological polar surface area (TPSA) is 64.7 Å². The summed E-state index contributed by atoms with van der Waals surface area (Å²) < 4.78 is 5.70. The van der Waals surface area contributed by atoms with Crippen LogP contribution in [-0.4, -0.2) is 90.3 Å². The highest BCUT2D eigenvalue weighted by molar-refractivity contribution is 5.76. The molecule has 2 aliphatic heterocycles. The Balaban J connectivity index is 1.59. The standard InChI is InChI=1S/C17H29N5O2/c1-13-17(14(2)19-18-13)15-12-24-11-10-21(15)5-4-16(23)22-8-6-20(3)7-9-22/h15H,4-12H2,1-3H3,(H,18,19). The number of amides is 1. The number of nitrogens with zero attached hydrogens (tertiary/aromatic N) is 4. The molecular formula is C17H29N5O2. The normalized spacial score (nSPS) is 23.6. The Kier molecular flexibility index (Phi) is 5.53. The van der Waals surface area contributed by atoms with Crippen LogP contribution < -0.4 is 0 Å². The molecule has 0 spiro atoms. The molecule has 134 valence electrons. The fourth-order valence-corrected chi connectivity index (χ4v) is 3.68. The Morgan fingerprint density at radius 3 is 2.67 bits per heavy atom. The number of hydrogen-bond acceptors (Lipinski definition) is 5. The van der Waals surface area contributed by atoms with Crippen molar-refractivity contribution in [2.75, 3.05) is 59.5 Å². The summed E-state index contributed by atoms with van der Waals surface area (Å²) in [4.78, 5) is 19.2. The van der Waals surface area contributed by atoms with Crippen molar-refractivity contribution < 1.29 is 9.53 Å². The Bertz CT molecular complexity index is 546. The van der Waals surface area contributed by atoms with Crippen LogP contribution in [0.2, 0.25) is 0 Å².